The van der Waals surface area contributed by atoms with Crippen molar-refractivity contribution in [2.45, 2.75) is 0 Å². The van der Waals surface area contributed by atoms with Crippen molar-refractivity contribution in [2.75, 3.05) is 6.26 Å². The summed E-state index contributed by atoms with van der Waals surface area (Å²) in [5, 5.41) is 0.135. The van der Waals surface area contributed by atoms with Crippen molar-refractivity contribution in [3.05, 3.63) is 64.1 Å². The van der Waals surface area contributed by atoms with E-state index in [9.17, 15) is 17.6 Å². The minimum absolute atomic E-state index is 0.00854. The number of ketones is 1. The van der Waals surface area contributed by atoms with Gasteiger partial charge in [0.15, 0.2) is 5.76 Å². The van der Waals surface area contributed by atoms with E-state index in [1.54, 1.807) is 0 Å². The molecular formula is C16H10ClFO5S. The molecule has 1 aliphatic rings. The van der Waals surface area contributed by atoms with E-state index in [-0.39, 0.29) is 33.4 Å². The first-order valence-corrected chi connectivity index (χ1v) is 8.86. The molecule has 0 saturated heterocycles. The van der Waals surface area contributed by atoms with Crippen molar-refractivity contribution < 1.29 is 26.5 Å². The molecule has 2 aromatic carbocycles. The lowest BCUT2D eigenvalue weighted by atomic mass is 10.1. The average molecular weight is 369 g/mol. The monoisotopic (exact) mass is 368 g/mol. The molecule has 2 aromatic rings. The van der Waals surface area contributed by atoms with Crippen LogP contribution in [-0.4, -0.2) is 20.5 Å². The van der Waals surface area contributed by atoms with Crippen molar-refractivity contribution in [3.63, 3.8) is 0 Å². The van der Waals surface area contributed by atoms with Crippen LogP contribution in [0.2, 0.25) is 5.02 Å². The van der Waals surface area contributed by atoms with Crippen LogP contribution in [0.15, 0.2) is 42.2 Å². The van der Waals surface area contributed by atoms with Crippen LogP contribution in [0.25, 0.3) is 6.08 Å². The van der Waals surface area contributed by atoms with Gasteiger partial charge in [0.2, 0.25) is 5.78 Å². The van der Waals surface area contributed by atoms with Crippen LogP contribution in [-0.2, 0) is 10.1 Å². The minimum atomic E-state index is -3.70. The summed E-state index contributed by atoms with van der Waals surface area (Å²) in [6, 6.07) is 8.13. The fraction of sp³-hybridized carbons (Fsp3) is 0.0625. The Balaban J connectivity index is 1.98. The van der Waals surface area contributed by atoms with Crippen LogP contribution < -0.4 is 8.92 Å². The Kier molecular flexibility index (Phi) is 4.06. The molecule has 5 nitrogen and oxygen atoms in total. The van der Waals surface area contributed by atoms with Gasteiger partial charge in [0, 0.05) is 11.6 Å². The maximum atomic E-state index is 13.8. The normalized spacial score (nSPS) is 15.3. The summed E-state index contributed by atoms with van der Waals surface area (Å²) in [6.45, 7) is 0. The zero-order valence-corrected chi connectivity index (χ0v) is 13.8. The fourth-order valence-corrected chi connectivity index (χ4v) is 2.84. The largest absolute Gasteiger partial charge is 0.452 e. The molecule has 0 radical (unpaired) electrons. The number of rotatable bonds is 3. The number of allylic oxidation sites excluding steroid dienone is 1. The first-order chi connectivity index (χ1) is 11.2. The van der Waals surface area contributed by atoms with Crippen LogP contribution in [0, 0.1) is 5.82 Å². The van der Waals surface area contributed by atoms with E-state index in [0.717, 1.165) is 6.26 Å². The van der Waals surface area contributed by atoms with Gasteiger partial charge in [-0.2, -0.15) is 8.42 Å². The van der Waals surface area contributed by atoms with Gasteiger partial charge in [-0.25, -0.2) is 4.39 Å². The second-order valence-electron chi connectivity index (χ2n) is 5.02. The maximum Gasteiger partial charge on any atom is 0.306 e. The van der Waals surface area contributed by atoms with Gasteiger partial charge in [0.05, 0.1) is 16.8 Å². The van der Waals surface area contributed by atoms with Crippen LogP contribution in [0.3, 0.4) is 0 Å². The molecule has 0 amide bonds. The third-order valence-corrected chi connectivity index (χ3v) is 3.99. The summed E-state index contributed by atoms with van der Waals surface area (Å²) in [5.74, 6) is -1.04. The molecule has 3 rings (SSSR count). The van der Waals surface area contributed by atoms with Crippen molar-refractivity contribution in [1.82, 2.24) is 0 Å². The Morgan fingerprint density at radius 1 is 1.25 bits per heavy atom. The zero-order valence-electron chi connectivity index (χ0n) is 12.2. The topological polar surface area (TPSA) is 69.7 Å². The van der Waals surface area contributed by atoms with Crippen LogP contribution >= 0.6 is 11.6 Å². The van der Waals surface area contributed by atoms with Gasteiger partial charge >= 0.3 is 10.1 Å². The highest BCUT2D eigenvalue weighted by molar-refractivity contribution is 7.86. The quantitative estimate of drug-likeness (QED) is 0.613. The Morgan fingerprint density at radius 2 is 2.00 bits per heavy atom. The molecule has 0 bridgehead atoms. The highest BCUT2D eigenvalue weighted by Crippen LogP contribution is 2.36. The fourth-order valence-electron chi connectivity index (χ4n) is 2.17. The molecule has 0 saturated carbocycles. The number of halogens is 2. The van der Waals surface area contributed by atoms with E-state index in [1.165, 1.54) is 42.5 Å². The molecule has 0 spiro atoms. The lowest BCUT2D eigenvalue weighted by Crippen LogP contribution is -2.05. The number of ether oxygens (including phenoxy) is 1. The van der Waals surface area contributed by atoms with Gasteiger partial charge in [-0.05, 0) is 30.3 Å². The molecule has 1 aliphatic heterocycles. The standard InChI is InChI=1S/C16H10ClFO5S/c1-24(20,21)23-9-5-6-10-14(7-9)22-15(16(10)19)8-11-12(17)3-2-4-13(11)18/h2-8H,1H3/b15-8+. The first-order valence-electron chi connectivity index (χ1n) is 6.66. The number of carbonyl (C=O) groups excluding carboxylic acids is 1. The minimum Gasteiger partial charge on any atom is -0.452 e. The number of benzene rings is 2. The lowest BCUT2D eigenvalue weighted by molar-refractivity contribution is 0.101. The van der Waals surface area contributed by atoms with Crippen molar-refractivity contribution >= 4 is 33.6 Å². The summed E-state index contributed by atoms with van der Waals surface area (Å²) >= 11 is 5.93. The molecule has 0 aromatic heterocycles. The predicted molar refractivity (Wildman–Crippen MR) is 86.3 cm³/mol. The second-order valence-corrected chi connectivity index (χ2v) is 7.00. The first kappa shape index (κ1) is 16.5. The van der Waals surface area contributed by atoms with E-state index >= 15 is 0 Å². The molecule has 8 heteroatoms. The number of fused-ring (bicyclic) bond motifs is 1. The molecule has 0 unspecified atom stereocenters. The van der Waals surface area contributed by atoms with Gasteiger partial charge in [-0.3, -0.25) is 4.79 Å². The Labute approximate surface area is 142 Å². The van der Waals surface area contributed by atoms with Crippen LogP contribution in [0.1, 0.15) is 15.9 Å². The summed E-state index contributed by atoms with van der Waals surface area (Å²) in [7, 11) is -3.70. The van der Waals surface area contributed by atoms with Crippen LogP contribution in [0.4, 0.5) is 4.39 Å². The molecule has 0 N–H and O–H groups in total. The molecule has 24 heavy (non-hydrogen) atoms. The van der Waals surface area contributed by atoms with E-state index in [2.05, 4.69) is 0 Å². The number of Topliss-reactive ketones (excluding diaryl/α,β-unsaturated/α-hetero) is 1. The summed E-state index contributed by atoms with van der Waals surface area (Å²) in [5.41, 5.74) is 0.248. The highest BCUT2D eigenvalue weighted by atomic mass is 35.5. The molecule has 0 atom stereocenters. The molecule has 0 aliphatic carbocycles. The van der Waals surface area contributed by atoms with Crippen molar-refractivity contribution in [3.8, 4) is 11.5 Å². The third-order valence-electron chi connectivity index (χ3n) is 3.16. The van der Waals surface area contributed by atoms with Gasteiger partial charge in [0.1, 0.15) is 17.3 Å². The smallest absolute Gasteiger partial charge is 0.306 e. The summed E-state index contributed by atoms with van der Waals surface area (Å²) < 4.78 is 46.3. The molecule has 1 heterocycles. The zero-order chi connectivity index (χ0) is 17.5. The van der Waals surface area contributed by atoms with E-state index < -0.39 is 21.7 Å². The van der Waals surface area contributed by atoms with Crippen molar-refractivity contribution in [1.29, 1.82) is 0 Å². The Hall–Kier alpha value is -2.38. The maximum absolute atomic E-state index is 13.8. The van der Waals surface area contributed by atoms with E-state index in [1.807, 2.05) is 0 Å². The molecule has 124 valence electrons. The highest BCUT2D eigenvalue weighted by Gasteiger charge is 2.28. The average Bonchev–Trinajstić information content (AvgIpc) is 2.77. The lowest BCUT2D eigenvalue weighted by Gasteiger charge is -2.04. The van der Waals surface area contributed by atoms with Gasteiger partial charge < -0.3 is 8.92 Å². The number of hydrogen-bond acceptors (Lipinski definition) is 5. The van der Waals surface area contributed by atoms with Gasteiger partial charge in [0.25, 0.3) is 0 Å². The SMILES string of the molecule is CS(=O)(=O)Oc1ccc2c(c1)O/C(=C/c1c(F)cccc1Cl)C2=O. The Bertz CT molecular complexity index is 962. The number of hydrogen-bond donors (Lipinski definition) is 0. The molecule has 0 fully saturated rings. The van der Waals surface area contributed by atoms with Gasteiger partial charge in [-0.1, -0.05) is 17.7 Å². The summed E-state index contributed by atoms with van der Waals surface area (Å²) in [6.07, 6.45) is 2.11. The van der Waals surface area contributed by atoms with Gasteiger partial charge in [-0.15, -0.1) is 0 Å². The van der Waals surface area contributed by atoms with Crippen molar-refractivity contribution in [2.24, 2.45) is 0 Å². The van der Waals surface area contributed by atoms with E-state index in [4.69, 9.17) is 20.5 Å². The molecular weight excluding hydrogens is 359 g/mol. The van der Waals surface area contributed by atoms with Crippen LogP contribution in [0.5, 0.6) is 11.5 Å². The third kappa shape index (κ3) is 3.27. The predicted octanol–water partition coefficient (Wildman–Crippen LogP) is 3.43. The second kappa shape index (κ2) is 5.92. The Morgan fingerprint density at radius 3 is 2.67 bits per heavy atom. The summed E-state index contributed by atoms with van der Waals surface area (Å²) in [4.78, 5) is 12.3. The number of carbonyl (C=O) groups is 1. The van der Waals surface area contributed by atoms with E-state index in [0.29, 0.717) is 0 Å².